The van der Waals surface area contributed by atoms with Crippen LogP contribution in [-0.4, -0.2) is 45.6 Å². The van der Waals surface area contributed by atoms with Crippen LogP contribution in [0, 0.1) is 6.92 Å². The molecule has 4 rings (SSSR count). The molecule has 0 aliphatic carbocycles. The Labute approximate surface area is 149 Å². The second kappa shape index (κ2) is 6.89. The van der Waals surface area contributed by atoms with Gasteiger partial charge in [-0.15, -0.1) is 0 Å². The molecule has 0 radical (unpaired) electrons. The van der Waals surface area contributed by atoms with Crippen LogP contribution in [0.4, 0.5) is 5.13 Å². The summed E-state index contributed by atoms with van der Waals surface area (Å²) in [6, 6.07) is 7.88. The third-order valence-electron chi connectivity index (χ3n) is 4.40. The molecule has 1 aliphatic heterocycles. The van der Waals surface area contributed by atoms with Gasteiger partial charge in [-0.2, -0.15) is 4.98 Å². The molecule has 130 valence electrons. The molecule has 2 aromatic heterocycles. The van der Waals surface area contributed by atoms with Crippen LogP contribution in [0.3, 0.4) is 0 Å². The van der Waals surface area contributed by atoms with Crippen LogP contribution in [0.25, 0.3) is 10.2 Å². The van der Waals surface area contributed by atoms with Crippen molar-refractivity contribution < 1.29 is 9.32 Å². The normalized spacial score (nSPS) is 16.4. The summed E-state index contributed by atoms with van der Waals surface area (Å²) in [5.74, 6) is 1.69. The van der Waals surface area contributed by atoms with Gasteiger partial charge in [0.25, 0.3) is 0 Å². The Hall–Kier alpha value is -2.32. The molecule has 25 heavy (non-hydrogen) atoms. The third-order valence-corrected chi connectivity index (χ3v) is 5.36. The van der Waals surface area contributed by atoms with Crippen molar-refractivity contribution >= 4 is 32.6 Å². The van der Waals surface area contributed by atoms with Crippen molar-refractivity contribution in [2.45, 2.75) is 25.7 Å². The lowest BCUT2D eigenvalue weighted by molar-refractivity contribution is -0.117. The number of piperidine rings is 1. The number of carbonyl (C=O) groups excluding carboxylic acids is 1. The number of benzene rings is 1. The van der Waals surface area contributed by atoms with Gasteiger partial charge in [-0.3, -0.25) is 9.69 Å². The van der Waals surface area contributed by atoms with Crippen LogP contribution in [0.2, 0.25) is 0 Å². The Balaban J connectivity index is 1.30. The number of nitrogens with zero attached hydrogens (tertiary/aromatic N) is 4. The van der Waals surface area contributed by atoms with Gasteiger partial charge in [-0.1, -0.05) is 28.6 Å². The van der Waals surface area contributed by atoms with E-state index in [9.17, 15) is 4.79 Å². The average molecular weight is 357 g/mol. The summed E-state index contributed by atoms with van der Waals surface area (Å²) >= 11 is 1.50. The minimum Gasteiger partial charge on any atom is -0.340 e. The highest BCUT2D eigenvalue weighted by atomic mass is 32.1. The largest absolute Gasteiger partial charge is 0.340 e. The maximum Gasteiger partial charge on any atom is 0.240 e. The summed E-state index contributed by atoms with van der Waals surface area (Å²) in [5, 5.41) is 7.58. The highest BCUT2D eigenvalue weighted by Gasteiger charge is 2.25. The second-order valence-electron chi connectivity index (χ2n) is 6.26. The first-order chi connectivity index (χ1) is 12.2. The predicted octanol–water partition coefficient (Wildman–Crippen LogP) is 2.81. The van der Waals surface area contributed by atoms with Gasteiger partial charge < -0.3 is 9.84 Å². The van der Waals surface area contributed by atoms with Gasteiger partial charge in [-0.25, -0.2) is 4.98 Å². The number of aryl methyl sites for hydroxylation is 1. The second-order valence-corrected chi connectivity index (χ2v) is 7.29. The lowest BCUT2D eigenvalue weighted by Crippen LogP contribution is -2.38. The molecule has 0 unspecified atom stereocenters. The van der Waals surface area contributed by atoms with Crippen molar-refractivity contribution in [3.8, 4) is 0 Å². The van der Waals surface area contributed by atoms with Crippen molar-refractivity contribution in [3.05, 3.63) is 36.0 Å². The SMILES string of the molecule is Cc1nc(C2CCN(CC(=O)Nc3nc4ccccc4s3)CC2)no1. The summed E-state index contributed by atoms with van der Waals surface area (Å²) in [6.45, 7) is 3.89. The van der Waals surface area contributed by atoms with E-state index in [1.807, 2.05) is 24.3 Å². The molecule has 0 bridgehead atoms. The van der Waals surface area contributed by atoms with Crippen LogP contribution >= 0.6 is 11.3 Å². The van der Waals surface area contributed by atoms with E-state index in [1.165, 1.54) is 11.3 Å². The maximum atomic E-state index is 12.3. The number of thiazole rings is 1. The van der Waals surface area contributed by atoms with Gasteiger partial charge in [0.05, 0.1) is 16.8 Å². The lowest BCUT2D eigenvalue weighted by atomic mass is 9.96. The topological polar surface area (TPSA) is 84.2 Å². The highest BCUT2D eigenvalue weighted by molar-refractivity contribution is 7.22. The molecule has 1 aromatic carbocycles. The van der Waals surface area contributed by atoms with E-state index in [1.54, 1.807) is 6.92 Å². The number of fused-ring (bicyclic) bond motifs is 1. The van der Waals surface area contributed by atoms with Gasteiger partial charge >= 0.3 is 0 Å². The molecule has 1 aliphatic rings. The number of aromatic nitrogens is 3. The average Bonchev–Trinajstić information content (AvgIpc) is 3.21. The summed E-state index contributed by atoms with van der Waals surface area (Å²) in [6.07, 6.45) is 1.88. The Kier molecular flexibility index (Phi) is 4.46. The molecule has 0 spiro atoms. The van der Waals surface area contributed by atoms with E-state index in [2.05, 4.69) is 25.3 Å². The number of carbonyl (C=O) groups is 1. The third kappa shape index (κ3) is 3.69. The van der Waals surface area contributed by atoms with Gasteiger partial charge in [0.2, 0.25) is 11.8 Å². The zero-order chi connectivity index (χ0) is 17.2. The molecular formula is C17H19N5O2S. The molecule has 3 aromatic rings. The quantitative estimate of drug-likeness (QED) is 0.773. The Morgan fingerprint density at radius 1 is 1.32 bits per heavy atom. The molecule has 8 heteroatoms. The number of hydrogen-bond acceptors (Lipinski definition) is 7. The summed E-state index contributed by atoms with van der Waals surface area (Å²) < 4.78 is 6.13. The van der Waals surface area contributed by atoms with Crippen molar-refractivity contribution in [3.63, 3.8) is 0 Å². The summed E-state index contributed by atoms with van der Waals surface area (Å²) in [5.41, 5.74) is 0.916. The number of rotatable bonds is 4. The smallest absolute Gasteiger partial charge is 0.240 e. The number of likely N-dealkylation sites (tertiary alicyclic amines) is 1. The molecule has 0 atom stereocenters. The van der Waals surface area contributed by atoms with Crippen molar-refractivity contribution in [2.75, 3.05) is 25.0 Å². The first kappa shape index (κ1) is 16.2. The number of nitrogens with one attached hydrogen (secondary N) is 1. The van der Waals surface area contributed by atoms with Crippen molar-refractivity contribution in [1.82, 2.24) is 20.0 Å². The van der Waals surface area contributed by atoms with E-state index in [0.717, 1.165) is 42.0 Å². The molecular weight excluding hydrogens is 338 g/mol. The first-order valence-electron chi connectivity index (χ1n) is 8.35. The van der Waals surface area contributed by atoms with Gasteiger partial charge in [0, 0.05) is 12.8 Å². The molecule has 1 fully saturated rings. The molecule has 1 saturated heterocycles. The summed E-state index contributed by atoms with van der Waals surface area (Å²) in [4.78, 5) is 23.2. The Morgan fingerprint density at radius 2 is 2.12 bits per heavy atom. The fourth-order valence-corrected chi connectivity index (χ4v) is 4.00. The monoisotopic (exact) mass is 357 g/mol. The molecule has 1 N–H and O–H groups in total. The lowest BCUT2D eigenvalue weighted by Gasteiger charge is -2.29. The number of amides is 1. The van der Waals surface area contributed by atoms with E-state index >= 15 is 0 Å². The molecule has 0 saturated carbocycles. The fraction of sp³-hybridized carbons (Fsp3) is 0.412. The number of hydrogen-bond donors (Lipinski definition) is 1. The Bertz CT molecular complexity index is 849. The molecule has 1 amide bonds. The highest BCUT2D eigenvalue weighted by Crippen LogP contribution is 2.27. The van der Waals surface area contributed by atoms with Gasteiger partial charge in [-0.05, 0) is 38.1 Å². The first-order valence-corrected chi connectivity index (χ1v) is 9.17. The number of para-hydroxylation sites is 1. The molecule has 3 heterocycles. The van der Waals surface area contributed by atoms with E-state index in [4.69, 9.17) is 4.52 Å². The van der Waals surface area contributed by atoms with Crippen LogP contribution in [0.1, 0.15) is 30.5 Å². The maximum absolute atomic E-state index is 12.3. The van der Waals surface area contributed by atoms with E-state index < -0.39 is 0 Å². The zero-order valence-corrected chi connectivity index (χ0v) is 14.8. The van der Waals surface area contributed by atoms with Crippen molar-refractivity contribution in [2.24, 2.45) is 0 Å². The summed E-state index contributed by atoms with van der Waals surface area (Å²) in [7, 11) is 0. The van der Waals surface area contributed by atoms with E-state index in [0.29, 0.717) is 23.5 Å². The van der Waals surface area contributed by atoms with Gasteiger partial charge in [0.15, 0.2) is 11.0 Å². The fourth-order valence-electron chi connectivity index (χ4n) is 3.12. The minimum atomic E-state index is -0.0205. The van der Waals surface area contributed by atoms with E-state index in [-0.39, 0.29) is 5.91 Å². The van der Waals surface area contributed by atoms with Crippen LogP contribution in [0.5, 0.6) is 0 Å². The van der Waals surface area contributed by atoms with Gasteiger partial charge in [0.1, 0.15) is 0 Å². The standard InChI is InChI=1S/C17H19N5O2S/c1-11-18-16(21-24-11)12-6-8-22(9-7-12)10-15(23)20-17-19-13-4-2-3-5-14(13)25-17/h2-5,12H,6-10H2,1H3,(H,19,20,23). The van der Waals surface area contributed by atoms with Crippen LogP contribution in [-0.2, 0) is 4.79 Å². The number of anilines is 1. The predicted molar refractivity (Wildman–Crippen MR) is 95.7 cm³/mol. The van der Waals surface area contributed by atoms with Crippen LogP contribution < -0.4 is 5.32 Å². The zero-order valence-electron chi connectivity index (χ0n) is 13.9. The van der Waals surface area contributed by atoms with Crippen molar-refractivity contribution in [1.29, 1.82) is 0 Å². The minimum absolute atomic E-state index is 0.0205. The van der Waals surface area contributed by atoms with Crippen LogP contribution in [0.15, 0.2) is 28.8 Å². The molecule has 7 nitrogen and oxygen atoms in total. The Morgan fingerprint density at radius 3 is 2.84 bits per heavy atom.